The number of carbonyl (C=O) groups excluding carboxylic acids is 1. The van der Waals surface area contributed by atoms with Crippen LogP contribution in [0.25, 0.3) is 0 Å². The van der Waals surface area contributed by atoms with Crippen molar-refractivity contribution >= 4 is 17.3 Å². The summed E-state index contributed by atoms with van der Waals surface area (Å²) < 4.78 is 10.7. The summed E-state index contributed by atoms with van der Waals surface area (Å²) in [5, 5.41) is 2.94. The fourth-order valence-electron chi connectivity index (χ4n) is 2.97. The van der Waals surface area contributed by atoms with Gasteiger partial charge in [-0.2, -0.15) is 0 Å². The highest BCUT2D eigenvalue weighted by molar-refractivity contribution is 5.94. The molecular formula is C17H24N2O3. The summed E-state index contributed by atoms with van der Waals surface area (Å²) in [6, 6.07) is 8.07. The average Bonchev–Trinajstić information content (AvgIpc) is 2.85. The van der Waals surface area contributed by atoms with Gasteiger partial charge in [0.1, 0.15) is 0 Å². The molecule has 0 unspecified atom stereocenters. The predicted molar refractivity (Wildman–Crippen MR) is 86.3 cm³/mol. The number of nitrogens with one attached hydrogen (secondary N) is 1. The molecule has 1 amide bonds. The summed E-state index contributed by atoms with van der Waals surface area (Å²) in [4.78, 5) is 14.6. The third-order valence-corrected chi connectivity index (χ3v) is 4.19. The zero-order valence-electron chi connectivity index (χ0n) is 12.9. The number of anilines is 2. The number of hydrogen-bond acceptors (Lipinski definition) is 4. The minimum atomic E-state index is -0.504. The highest BCUT2D eigenvalue weighted by atomic mass is 16.6. The maximum atomic E-state index is 12.2. The molecule has 0 spiro atoms. The van der Waals surface area contributed by atoms with Gasteiger partial charge in [0.25, 0.3) is 5.91 Å². The largest absolute Gasteiger partial charge is 0.376 e. The Morgan fingerprint density at radius 1 is 1.14 bits per heavy atom. The molecule has 5 heteroatoms. The van der Waals surface area contributed by atoms with Crippen LogP contribution in [0, 0.1) is 0 Å². The second kappa shape index (κ2) is 7.61. The Morgan fingerprint density at radius 3 is 2.68 bits per heavy atom. The van der Waals surface area contributed by atoms with E-state index in [0.29, 0.717) is 19.8 Å². The lowest BCUT2D eigenvalue weighted by atomic mass is 10.2. The number of carbonyl (C=O) groups is 1. The summed E-state index contributed by atoms with van der Waals surface area (Å²) in [5.74, 6) is -0.132. The summed E-state index contributed by atoms with van der Waals surface area (Å²) in [7, 11) is 0. The van der Waals surface area contributed by atoms with Gasteiger partial charge >= 0.3 is 0 Å². The van der Waals surface area contributed by atoms with Crippen LogP contribution in [-0.2, 0) is 14.3 Å². The molecule has 0 aromatic heterocycles. The molecule has 0 saturated carbocycles. The monoisotopic (exact) mass is 304 g/mol. The number of benzene rings is 1. The molecule has 2 aliphatic rings. The third kappa shape index (κ3) is 3.99. The molecule has 120 valence electrons. The predicted octanol–water partition coefficient (Wildman–Crippen LogP) is 2.42. The number of rotatable bonds is 3. The van der Waals surface area contributed by atoms with Gasteiger partial charge in [0, 0.05) is 24.5 Å². The lowest BCUT2D eigenvalue weighted by Gasteiger charge is -2.24. The van der Waals surface area contributed by atoms with E-state index in [1.54, 1.807) is 0 Å². The molecule has 1 aromatic rings. The van der Waals surface area contributed by atoms with Gasteiger partial charge in [-0.15, -0.1) is 0 Å². The molecule has 1 aromatic carbocycles. The van der Waals surface area contributed by atoms with Crippen LogP contribution in [-0.4, -0.2) is 44.9 Å². The zero-order chi connectivity index (χ0) is 15.2. The standard InChI is InChI=1S/C17H24N2O3/c20-17(16-13-21-10-11-22-16)18-14-6-5-7-15(12-14)19-8-3-1-2-4-9-19/h5-7,12,16H,1-4,8-11,13H2,(H,18,20)/t16-/m0/s1. The maximum absolute atomic E-state index is 12.2. The normalized spacial score (nSPS) is 22.9. The SMILES string of the molecule is O=C(Nc1cccc(N2CCCCCC2)c1)[C@@H]1COCCO1. The van der Waals surface area contributed by atoms with Crippen molar-refractivity contribution in [3.63, 3.8) is 0 Å². The number of ether oxygens (including phenoxy) is 2. The van der Waals surface area contributed by atoms with E-state index in [0.717, 1.165) is 18.8 Å². The molecule has 22 heavy (non-hydrogen) atoms. The quantitative estimate of drug-likeness (QED) is 0.932. The topological polar surface area (TPSA) is 50.8 Å². The van der Waals surface area contributed by atoms with Gasteiger partial charge in [-0.1, -0.05) is 18.9 Å². The van der Waals surface area contributed by atoms with E-state index in [2.05, 4.69) is 16.3 Å². The maximum Gasteiger partial charge on any atom is 0.255 e. The van der Waals surface area contributed by atoms with Crippen molar-refractivity contribution in [2.24, 2.45) is 0 Å². The first-order valence-corrected chi connectivity index (χ1v) is 8.18. The molecule has 0 bridgehead atoms. The molecule has 2 fully saturated rings. The van der Waals surface area contributed by atoms with Gasteiger partial charge in [-0.05, 0) is 31.0 Å². The van der Waals surface area contributed by atoms with Gasteiger partial charge in [0.05, 0.1) is 19.8 Å². The van der Waals surface area contributed by atoms with Crippen LogP contribution in [0.15, 0.2) is 24.3 Å². The Kier molecular flexibility index (Phi) is 5.29. The van der Waals surface area contributed by atoms with Gasteiger partial charge in [-0.3, -0.25) is 4.79 Å². The van der Waals surface area contributed by atoms with Crippen molar-refractivity contribution in [3.05, 3.63) is 24.3 Å². The minimum absolute atomic E-state index is 0.132. The molecule has 0 radical (unpaired) electrons. The molecule has 5 nitrogen and oxygen atoms in total. The van der Waals surface area contributed by atoms with Crippen LogP contribution in [0.4, 0.5) is 11.4 Å². The van der Waals surface area contributed by atoms with E-state index in [1.165, 1.54) is 31.4 Å². The van der Waals surface area contributed by atoms with Gasteiger partial charge in [-0.25, -0.2) is 0 Å². The van der Waals surface area contributed by atoms with Crippen molar-refractivity contribution in [1.82, 2.24) is 0 Å². The van der Waals surface area contributed by atoms with Gasteiger partial charge < -0.3 is 19.7 Å². The second-order valence-electron chi connectivity index (χ2n) is 5.88. The molecular weight excluding hydrogens is 280 g/mol. The highest BCUT2D eigenvalue weighted by Gasteiger charge is 2.22. The summed E-state index contributed by atoms with van der Waals surface area (Å²) in [6.07, 6.45) is 4.60. The van der Waals surface area contributed by atoms with Gasteiger partial charge in [0.2, 0.25) is 0 Å². The molecule has 3 rings (SSSR count). The van der Waals surface area contributed by atoms with E-state index in [1.807, 2.05) is 18.2 Å². The van der Waals surface area contributed by atoms with Crippen LogP contribution >= 0.6 is 0 Å². The first-order valence-electron chi connectivity index (χ1n) is 8.18. The van der Waals surface area contributed by atoms with Gasteiger partial charge in [0.15, 0.2) is 6.10 Å². The average molecular weight is 304 g/mol. The number of nitrogens with zero attached hydrogens (tertiary/aromatic N) is 1. The number of hydrogen-bond donors (Lipinski definition) is 1. The Morgan fingerprint density at radius 2 is 1.95 bits per heavy atom. The van der Waals surface area contributed by atoms with Crippen LogP contribution in [0.3, 0.4) is 0 Å². The lowest BCUT2D eigenvalue weighted by Crippen LogP contribution is -2.39. The molecule has 2 aliphatic heterocycles. The molecule has 1 N–H and O–H groups in total. The highest BCUT2D eigenvalue weighted by Crippen LogP contribution is 2.23. The fourth-order valence-corrected chi connectivity index (χ4v) is 2.97. The molecule has 1 atom stereocenters. The van der Waals surface area contributed by atoms with E-state index in [4.69, 9.17) is 9.47 Å². The Bertz CT molecular complexity index is 492. The molecule has 2 saturated heterocycles. The smallest absolute Gasteiger partial charge is 0.255 e. The van der Waals surface area contributed by atoms with E-state index in [-0.39, 0.29) is 5.91 Å². The summed E-state index contributed by atoms with van der Waals surface area (Å²) in [5.41, 5.74) is 2.00. The Hall–Kier alpha value is -1.59. The van der Waals surface area contributed by atoms with Crippen LogP contribution in [0.2, 0.25) is 0 Å². The second-order valence-corrected chi connectivity index (χ2v) is 5.88. The molecule has 2 heterocycles. The number of amides is 1. The summed E-state index contributed by atoms with van der Waals surface area (Å²) >= 11 is 0. The fraction of sp³-hybridized carbons (Fsp3) is 0.588. The first-order chi connectivity index (χ1) is 10.8. The van der Waals surface area contributed by atoms with E-state index < -0.39 is 6.10 Å². The Labute approximate surface area is 131 Å². The Balaban J connectivity index is 1.64. The van der Waals surface area contributed by atoms with Crippen molar-refractivity contribution in [3.8, 4) is 0 Å². The van der Waals surface area contributed by atoms with Crippen LogP contribution in [0.1, 0.15) is 25.7 Å². The third-order valence-electron chi connectivity index (χ3n) is 4.19. The summed E-state index contributed by atoms with van der Waals surface area (Å²) in [6.45, 7) is 3.56. The van der Waals surface area contributed by atoms with E-state index in [9.17, 15) is 4.79 Å². The van der Waals surface area contributed by atoms with Crippen molar-refractivity contribution < 1.29 is 14.3 Å². The van der Waals surface area contributed by atoms with Crippen molar-refractivity contribution in [2.75, 3.05) is 43.1 Å². The van der Waals surface area contributed by atoms with E-state index >= 15 is 0 Å². The first kappa shape index (κ1) is 15.3. The van der Waals surface area contributed by atoms with Crippen LogP contribution < -0.4 is 10.2 Å². The lowest BCUT2D eigenvalue weighted by molar-refractivity contribution is -0.142. The molecule has 0 aliphatic carbocycles. The van der Waals surface area contributed by atoms with Crippen molar-refractivity contribution in [1.29, 1.82) is 0 Å². The van der Waals surface area contributed by atoms with Crippen LogP contribution in [0.5, 0.6) is 0 Å². The minimum Gasteiger partial charge on any atom is -0.376 e. The zero-order valence-corrected chi connectivity index (χ0v) is 12.9. The van der Waals surface area contributed by atoms with Crippen molar-refractivity contribution in [2.45, 2.75) is 31.8 Å².